The van der Waals surface area contributed by atoms with E-state index in [0.29, 0.717) is 5.57 Å². The average molecular weight is 376 g/mol. The number of nitro groups is 1. The molecule has 0 heterocycles. The highest BCUT2D eigenvalue weighted by Crippen LogP contribution is 2.28. The topological polar surface area (TPSA) is 101 Å². The molecule has 8 heteroatoms. The molecule has 26 heavy (non-hydrogen) atoms. The van der Waals surface area contributed by atoms with Gasteiger partial charge in [0.2, 0.25) is 0 Å². The number of hydrogen-bond donors (Lipinski definition) is 1. The summed E-state index contributed by atoms with van der Waals surface area (Å²) in [5, 5.41) is 20.3. The number of hydrogen-bond acceptors (Lipinski definition) is 5. The lowest BCUT2D eigenvalue weighted by Gasteiger charge is -2.23. The van der Waals surface area contributed by atoms with Crippen LogP contribution in [0.5, 0.6) is 0 Å². The summed E-state index contributed by atoms with van der Waals surface area (Å²) in [5.74, 6) is 0. The fraction of sp³-hybridized carbons (Fsp3) is 0.222. The number of nitro benzene ring substituents is 1. The van der Waals surface area contributed by atoms with Gasteiger partial charge in [0.15, 0.2) is 4.90 Å². The van der Waals surface area contributed by atoms with Crippen LogP contribution in [0.1, 0.15) is 12.0 Å². The van der Waals surface area contributed by atoms with E-state index >= 15 is 0 Å². The monoisotopic (exact) mass is 376 g/mol. The summed E-state index contributed by atoms with van der Waals surface area (Å²) in [4.78, 5) is 10.2. The summed E-state index contributed by atoms with van der Waals surface area (Å²) in [5.41, 5.74) is 0.787. The summed E-state index contributed by atoms with van der Waals surface area (Å²) in [6.45, 7) is 3.64. The minimum Gasteiger partial charge on any atom is -0.396 e. The van der Waals surface area contributed by atoms with E-state index in [9.17, 15) is 18.5 Å². The molecule has 0 spiro atoms. The maximum atomic E-state index is 13.1. The fourth-order valence-electron chi connectivity index (χ4n) is 2.46. The third-order valence-corrected chi connectivity index (χ3v) is 5.59. The van der Waals surface area contributed by atoms with Gasteiger partial charge in [-0.05, 0) is 18.1 Å². The van der Waals surface area contributed by atoms with Crippen LogP contribution in [0.3, 0.4) is 0 Å². The van der Waals surface area contributed by atoms with Crippen LogP contribution in [0.25, 0.3) is 0 Å². The SMILES string of the molecule is C=C(CCO)CN(Cc1ccccc1)S(=O)(=O)c1ccccc1[N+](=O)[O-]. The minimum absolute atomic E-state index is 0.0379. The van der Waals surface area contributed by atoms with Gasteiger partial charge in [-0.25, -0.2) is 8.42 Å². The van der Waals surface area contributed by atoms with E-state index in [1.807, 2.05) is 6.07 Å². The Bertz CT molecular complexity index is 881. The van der Waals surface area contributed by atoms with Crippen molar-refractivity contribution >= 4 is 15.7 Å². The Kier molecular flexibility index (Phi) is 6.62. The van der Waals surface area contributed by atoms with Crippen molar-refractivity contribution in [2.24, 2.45) is 0 Å². The lowest BCUT2D eigenvalue weighted by Crippen LogP contribution is -2.33. The molecule has 0 saturated heterocycles. The van der Waals surface area contributed by atoms with E-state index in [1.165, 1.54) is 18.2 Å². The fourth-order valence-corrected chi connectivity index (χ4v) is 4.07. The van der Waals surface area contributed by atoms with Gasteiger partial charge in [-0.15, -0.1) is 0 Å². The predicted octanol–water partition coefficient (Wildman–Crippen LogP) is 2.72. The summed E-state index contributed by atoms with van der Waals surface area (Å²) < 4.78 is 27.4. The van der Waals surface area contributed by atoms with Crippen LogP contribution in [-0.4, -0.2) is 35.9 Å². The van der Waals surface area contributed by atoms with E-state index in [2.05, 4.69) is 6.58 Å². The molecular weight excluding hydrogens is 356 g/mol. The molecule has 0 aliphatic rings. The second kappa shape index (κ2) is 8.70. The van der Waals surface area contributed by atoms with Crippen LogP contribution in [0.15, 0.2) is 71.6 Å². The third kappa shape index (κ3) is 4.75. The van der Waals surface area contributed by atoms with E-state index < -0.39 is 20.6 Å². The highest BCUT2D eigenvalue weighted by molar-refractivity contribution is 7.89. The Balaban J connectivity index is 2.45. The standard InChI is InChI=1S/C18H20N2O5S/c1-15(11-12-21)13-19(14-16-7-3-2-4-8-16)26(24,25)18-10-6-5-9-17(18)20(22)23/h2-10,21H,1,11-14H2. The van der Waals surface area contributed by atoms with Crippen molar-refractivity contribution in [1.82, 2.24) is 4.31 Å². The molecule has 0 atom stereocenters. The van der Waals surface area contributed by atoms with Crippen LogP contribution >= 0.6 is 0 Å². The highest BCUT2D eigenvalue weighted by Gasteiger charge is 2.31. The number of rotatable bonds is 9. The van der Waals surface area contributed by atoms with Crippen molar-refractivity contribution in [1.29, 1.82) is 0 Å². The van der Waals surface area contributed by atoms with Gasteiger partial charge in [-0.3, -0.25) is 10.1 Å². The van der Waals surface area contributed by atoms with E-state index in [1.54, 1.807) is 24.3 Å². The zero-order valence-electron chi connectivity index (χ0n) is 14.1. The molecule has 0 saturated carbocycles. The van der Waals surface area contributed by atoms with Crippen molar-refractivity contribution in [3.8, 4) is 0 Å². The molecule has 2 aromatic carbocycles. The van der Waals surface area contributed by atoms with Gasteiger partial charge in [0, 0.05) is 25.8 Å². The Morgan fingerprint density at radius 2 is 1.73 bits per heavy atom. The van der Waals surface area contributed by atoms with Crippen LogP contribution < -0.4 is 0 Å². The van der Waals surface area contributed by atoms with Crippen LogP contribution in [0, 0.1) is 10.1 Å². The van der Waals surface area contributed by atoms with Gasteiger partial charge in [0.05, 0.1) is 4.92 Å². The molecule has 0 aliphatic heterocycles. The highest BCUT2D eigenvalue weighted by atomic mass is 32.2. The molecule has 2 rings (SSSR count). The normalized spacial score (nSPS) is 11.5. The first-order chi connectivity index (χ1) is 12.4. The number of nitrogens with zero attached hydrogens (tertiary/aromatic N) is 2. The van der Waals surface area contributed by atoms with Crippen molar-refractivity contribution in [2.75, 3.05) is 13.2 Å². The lowest BCUT2D eigenvalue weighted by molar-refractivity contribution is -0.387. The molecule has 0 amide bonds. The second-order valence-corrected chi connectivity index (χ2v) is 7.61. The molecule has 0 radical (unpaired) electrons. The van der Waals surface area contributed by atoms with Gasteiger partial charge in [-0.1, -0.05) is 54.6 Å². The first-order valence-corrected chi connectivity index (χ1v) is 9.35. The zero-order chi connectivity index (χ0) is 19.2. The van der Waals surface area contributed by atoms with Gasteiger partial charge < -0.3 is 5.11 Å². The van der Waals surface area contributed by atoms with Gasteiger partial charge in [0.1, 0.15) is 0 Å². The van der Waals surface area contributed by atoms with Crippen molar-refractivity contribution in [3.63, 3.8) is 0 Å². The molecule has 0 aromatic heterocycles. The Labute approximate surface area is 152 Å². The molecule has 0 fully saturated rings. The van der Waals surface area contributed by atoms with Crippen molar-refractivity contribution in [3.05, 3.63) is 82.4 Å². The molecule has 1 N–H and O–H groups in total. The lowest BCUT2D eigenvalue weighted by atomic mass is 10.2. The second-order valence-electron chi connectivity index (χ2n) is 5.71. The Morgan fingerprint density at radius 3 is 2.35 bits per heavy atom. The van der Waals surface area contributed by atoms with Gasteiger partial charge in [-0.2, -0.15) is 4.31 Å². The number of benzene rings is 2. The molecule has 0 aliphatic carbocycles. The molecular formula is C18H20N2O5S. The van der Waals surface area contributed by atoms with E-state index in [-0.39, 0.29) is 31.0 Å². The maximum absolute atomic E-state index is 13.1. The van der Waals surface area contributed by atoms with Crippen molar-refractivity contribution in [2.45, 2.75) is 17.9 Å². The van der Waals surface area contributed by atoms with E-state index in [0.717, 1.165) is 15.9 Å². The first-order valence-electron chi connectivity index (χ1n) is 7.91. The largest absolute Gasteiger partial charge is 0.396 e. The van der Waals surface area contributed by atoms with Crippen LogP contribution in [-0.2, 0) is 16.6 Å². The summed E-state index contributed by atoms with van der Waals surface area (Å²) in [6.07, 6.45) is 0.248. The molecule has 0 bridgehead atoms. The van der Waals surface area contributed by atoms with Crippen LogP contribution in [0.2, 0.25) is 0 Å². The molecule has 138 valence electrons. The summed E-state index contributed by atoms with van der Waals surface area (Å²) >= 11 is 0. The Morgan fingerprint density at radius 1 is 1.12 bits per heavy atom. The predicted molar refractivity (Wildman–Crippen MR) is 98.0 cm³/mol. The number of aliphatic hydroxyl groups is 1. The average Bonchev–Trinajstić information content (AvgIpc) is 2.62. The third-order valence-electron chi connectivity index (χ3n) is 3.75. The first kappa shape index (κ1) is 19.8. The van der Waals surface area contributed by atoms with Crippen LogP contribution in [0.4, 0.5) is 5.69 Å². The minimum atomic E-state index is -4.14. The number of para-hydroxylation sites is 1. The van der Waals surface area contributed by atoms with E-state index in [4.69, 9.17) is 5.11 Å². The Hall–Kier alpha value is -2.55. The molecule has 7 nitrogen and oxygen atoms in total. The van der Waals surface area contributed by atoms with Gasteiger partial charge in [0.25, 0.3) is 15.7 Å². The molecule has 2 aromatic rings. The van der Waals surface area contributed by atoms with Crippen molar-refractivity contribution < 1.29 is 18.4 Å². The number of sulfonamides is 1. The summed E-state index contributed by atoms with van der Waals surface area (Å²) in [6, 6.07) is 14.2. The quantitative estimate of drug-likeness (QED) is 0.412. The number of aliphatic hydroxyl groups excluding tert-OH is 1. The van der Waals surface area contributed by atoms with Gasteiger partial charge >= 0.3 is 0 Å². The molecule has 0 unspecified atom stereocenters. The summed E-state index contributed by atoms with van der Waals surface area (Å²) in [7, 11) is -4.14. The smallest absolute Gasteiger partial charge is 0.289 e. The maximum Gasteiger partial charge on any atom is 0.289 e. The zero-order valence-corrected chi connectivity index (χ0v) is 14.9.